The Bertz CT molecular complexity index is 179. The lowest BCUT2D eigenvalue weighted by Crippen LogP contribution is -2.30. The van der Waals surface area contributed by atoms with Crippen molar-refractivity contribution in [2.45, 2.75) is 39.4 Å². The largest absolute Gasteiger partial charge is 0.312 e. The molecule has 0 aromatic carbocycles. The molecular formula is C9H19NOS. The molecule has 0 aromatic heterocycles. The van der Waals surface area contributed by atoms with Crippen molar-refractivity contribution in [2.24, 2.45) is 5.92 Å². The Balaban J connectivity index is 3.88. The van der Waals surface area contributed by atoms with Crippen LogP contribution < -0.4 is 4.72 Å². The fraction of sp³-hybridized carbons (Fsp3) is 0.778. The van der Waals surface area contributed by atoms with E-state index >= 15 is 0 Å². The fourth-order valence-corrected chi connectivity index (χ4v) is 1.03. The molecule has 12 heavy (non-hydrogen) atoms. The van der Waals surface area contributed by atoms with Gasteiger partial charge in [0.1, 0.15) is 11.0 Å². The molecule has 0 rings (SSSR count). The molecule has 0 saturated carbocycles. The topological polar surface area (TPSA) is 29.1 Å². The van der Waals surface area contributed by atoms with Crippen LogP contribution >= 0.6 is 0 Å². The van der Waals surface area contributed by atoms with Crippen molar-refractivity contribution in [3.8, 4) is 0 Å². The number of hydrogen-bond acceptors (Lipinski definition) is 1. The van der Waals surface area contributed by atoms with Gasteiger partial charge < -0.3 is 4.72 Å². The lowest BCUT2D eigenvalue weighted by Gasteiger charge is -2.16. The van der Waals surface area contributed by atoms with Gasteiger partial charge in [-0.1, -0.05) is 19.9 Å². The first-order chi connectivity index (χ1) is 5.34. The lowest BCUT2D eigenvalue weighted by atomic mass is 10.2. The van der Waals surface area contributed by atoms with E-state index in [0.29, 0.717) is 5.92 Å². The molecule has 0 radical (unpaired) electrons. The van der Waals surface area contributed by atoms with Crippen LogP contribution in [0, 0.1) is 5.92 Å². The van der Waals surface area contributed by atoms with Crippen LogP contribution in [-0.4, -0.2) is 8.96 Å². The Kier molecular flexibility index (Phi) is 4.53. The molecule has 0 bridgehead atoms. The number of allylic oxidation sites excluding steroid dienone is 1. The summed E-state index contributed by atoms with van der Waals surface area (Å²) in [4.78, 5) is 0. The van der Waals surface area contributed by atoms with Crippen LogP contribution in [0.1, 0.15) is 34.6 Å². The first-order valence-corrected chi connectivity index (χ1v) is 5.33. The summed E-state index contributed by atoms with van der Waals surface area (Å²) in [6.45, 7) is 9.99. The third-order valence-electron chi connectivity index (χ3n) is 1.21. The molecule has 0 heterocycles. The molecular weight excluding hydrogens is 170 g/mol. The SMILES string of the molecule is CC(C)C=CNS(=O)C(C)(C)C. The van der Waals surface area contributed by atoms with Gasteiger partial charge in [0.25, 0.3) is 0 Å². The molecule has 1 atom stereocenters. The van der Waals surface area contributed by atoms with Crippen molar-refractivity contribution in [3.63, 3.8) is 0 Å². The molecule has 1 N–H and O–H groups in total. The number of nitrogens with one attached hydrogen (secondary N) is 1. The summed E-state index contributed by atoms with van der Waals surface area (Å²) >= 11 is 0. The van der Waals surface area contributed by atoms with E-state index in [9.17, 15) is 4.21 Å². The van der Waals surface area contributed by atoms with Gasteiger partial charge in [-0.2, -0.15) is 0 Å². The third-order valence-corrected chi connectivity index (χ3v) is 2.67. The van der Waals surface area contributed by atoms with Crippen LogP contribution in [0.2, 0.25) is 0 Å². The van der Waals surface area contributed by atoms with Crippen LogP contribution in [0.15, 0.2) is 12.3 Å². The van der Waals surface area contributed by atoms with Gasteiger partial charge in [-0.15, -0.1) is 0 Å². The second kappa shape index (κ2) is 4.65. The second-order valence-corrected chi connectivity index (χ2v) is 6.10. The standard InChI is InChI=1S/C9H19NOS/c1-8(2)6-7-10-12(11)9(3,4)5/h6-8,10H,1-5H3. The van der Waals surface area contributed by atoms with Crippen LogP contribution in [0.3, 0.4) is 0 Å². The minimum Gasteiger partial charge on any atom is -0.312 e. The van der Waals surface area contributed by atoms with Crippen molar-refractivity contribution in [3.05, 3.63) is 12.3 Å². The molecule has 1 unspecified atom stereocenters. The minimum absolute atomic E-state index is 0.193. The normalized spacial score (nSPS) is 15.5. The minimum atomic E-state index is -0.991. The van der Waals surface area contributed by atoms with Gasteiger partial charge in [-0.3, -0.25) is 0 Å². The summed E-state index contributed by atoms with van der Waals surface area (Å²) in [5.74, 6) is 0.495. The van der Waals surface area contributed by atoms with Crippen LogP contribution in [0.5, 0.6) is 0 Å². The Morgan fingerprint density at radius 2 is 1.83 bits per heavy atom. The first-order valence-electron chi connectivity index (χ1n) is 4.18. The fourth-order valence-electron chi connectivity index (χ4n) is 0.470. The summed E-state index contributed by atoms with van der Waals surface area (Å²) in [6, 6.07) is 0. The van der Waals surface area contributed by atoms with Crippen molar-refractivity contribution in [2.75, 3.05) is 0 Å². The van der Waals surface area contributed by atoms with Crippen LogP contribution in [0.4, 0.5) is 0 Å². The average molecular weight is 189 g/mol. The van der Waals surface area contributed by atoms with E-state index in [1.165, 1.54) is 0 Å². The maximum absolute atomic E-state index is 11.4. The molecule has 72 valence electrons. The van der Waals surface area contributed by atoms with Gasteiger partial charge in [0.05, 0.1) is 4.75 Å². The first kappa shape index (κ1) is 11.7. The van der Waals surface area contributed by atoms with Gasteiger partial charge >= 0.3 is 0 Å². The van der Waals surface area contributed by atoms with E-state index in [-0.39, 0.29) is 4.75 Å². The summed E-state index contributed by atoms with van der Waals surface area (Å²) in [5.41, 5.74) is 0. The molecule has 2 nitrogen and oxygen atoms in total. The number of hydrogen-bond donors (Lipinski definition) is 1. The molecule has 0 aliphatic rings. The van der Waals surface area contributed by atoms with Crippen LogP contribution in [0.25, 0.3) is 0 Å². The molecule has 0 spiro atoms. The summed E-state index contributed by atoms with van der Waals surface area (Å²) in [5, 5.41) is 0. The predicted molar refractivity (Wildman–Crippen MR) is 55.0 cm³/mol. The summed E-state index contributed by atoms with van der Waals surface area (Å²) in [6.07, 6.45) is 3.76. The molecule has 0 saturated heterocycles. The van der Waals surface area contributed by atoms with E-state index in [0.717, 1.165) is 0 Å². The van der Waals surface area contributed by atoms with Gasteiger partial charge in [0, 0.05) is 6.20 Å². The molecule has 3 heteroatoms. The maximum Gasteiger partial charge on any atom is 0.122 e. The Morgan fingerprint density at radius 1 is 1.33 bits per heavy atom. The van der Waals surface area contributed by atoms with E-state index in [2.05, 4.69) is 18.6 Å². The molecule has 0 fully saturated rings. The molecule has 0 amide bonds. The van der Waals surface area contributed by atoms with Crippen molar-refractivity contribution in [1.29, 1.82) is 0 Å². The van der Waals surface area contributed by atoms with E-state index in [1.54, 1.807) is 6.20 Å². The van der Waals surface area contributed by atoms with Crippen molar-refractivity contribution < 1.29 is 4.21 Å². The third kappa shape index (κ3) is 5.35. The number of rotatable bonds is 3. The van der Waals surface area contributed by atoms with E-state index < -0.39 is 11.0 Å². The van der Waals surface area contributed by atoms with Gasteiger partial charge in [-0.25, -0.2) is 4.21 Å². The molecule has 0 aliphatic carbocycles. The highest BCUT2D eigenvalue weighted by Gasteiger charge is 2.17. The second-order valence-electron chi connectivity index (χ2n) is 4.10. The van der Waals surface area contributed by atoms with Gasteiger partial charge in [0.15, 0.2) is 0 Å². The average Bonchev–Trinajstić information content (AvgIpc) is 1.84. The molecule has 0 aromatic rings. The zero-order valence-electron chi connectivity index (χ0n) is 8.55. The van der Waals surface area contributed by atoms with E-state index in [1.807, 2.05) is 26.8 Å². The van der Waals surface area contributed by atoms with Gasteiger partial charge in [-0.05, 0) is 26.7 Å². The quantitative estimate of drug-likeness (QED) is 0.724. The highest BCUT2D eigenvalue weighted by Crippen LogP contribution is 2.08. The lowest BCUT2D eigenvalue weighted by molar-refractivity contribution is 0.644. The smallest absolute Gasteiger partial charge is 0.122 e. The maximum atomic E-state index is 11.4. The van der Waals surface area contributed by atoms with Gasteiger partial charge in [0.2, 0.25) is 0 Å². The Labute approximate surface area is 78.0 Å². The summed E-state index contributed by atoms with van der Waals surface area (Å²) < 4.78 is 14.0. The monoisotopic (exact) mass is 189 g/mol. The van der Waals surface area contributed by atoms with E-state index in [4.69, 9.17) is 0 Å². The van der Waals surface area contributed by atoms with Crippen LogP contribution in [-0.2, 0) is 11.0 Å². The highest BCUT2D eigenvalue weighted by atomic mass is 32.2. The zero-order valence-corrected chi connectivity index (χ0v) is 9.37. The zero-order chi connectivity index (χ0) is 9.78. The Hall–Kier alpha value is -0.310. The van der Waals surface area contributed by atoms with Crippen molar-refractivity contribution >= 4 is 11.0 Å². The molecule has 0 aliphatic heterocycles. The highest BCUT2D eigenvalue weighted by molar-refractivity contribution is 7.84. The Morgan fingerprint density at radius 3 is 2.17 bits per heavy atom. The predicted octanol–water partition coefficient (Wildman–Crippen LogP) is 2.21. The van der Waals surface area contributed by atoms with Crippen molar-refractivity contribution in [1.82, 2.24) is 4.72 Å². The summed E-state index contributed by atoms with van der Waals surface area (Å²) in [7, 11) is -0.991.